The monoisotopic (exact) mass is 448 g/mol. The quantitative estimate of drug-likeness (QED) is 0.753. The van der Waals surface area contributed by atoms with Crippen LogP contribution in [0, 0.1) is 0 Å². The molecule has 29 heavy (non-hydrogen) atoms. The topological polar surface area (TPSA) is 75.5 Å². The molecule has 1 unspecified atom stereocenters. The van der Waals surface area contributed by atoms with Crippen molar-refractivity contribution < 1.29 is 9.53 Å². The number of aromatic nitrogens is 3. The summed E-state index contributed by atoms with van der Waals surface area (Å²) in [5, 5.41) is 11.9. The average molecular weight is 449 g/mol. The van der Waals surface area contributed by atoms with E-state index in [1.54, 1.807) is 0 Å². The van der Waals surface area contributed by atoms with E-state index in [4.69, 9.17) is 4.74 Å². The van der Waals surface area contributed by atoms with Gasteiger partial charge in [0.2, 0.25) is 0 Å². The van der Waals surface area contributed by atoms with Gasteiger partial charge in [-0.15, -0.1) is 29.9 Å². The molecular formula is C19H34Cl2N6O2. The third-order valence-electron chi connectivity index (χ3n) is 6.59. The number of likely N-dealkylation sites (N-methyl/N-ethyl adjacent to an activating group) is 1. The largest absolute Gasteiger partial charge is 0.381 e. The first-order valence-corrected chi connectivity index (χ1v) is 10.4. The van der Waals surface area contributed by atoms with Crippen LogP contribution in [-0.4, -0.2) is 88.7 Å². The van der Waals surface area contributed by atoms with Crippen molar-refractivity contribution in [2.24, 2.45) is 0 Å². The summed E-state index contributed by atoms with van der Waals surface area (Å²) in [5.41, 5.74) is 0.521. The number of rotatable bonds is 4. The van der Waals surface area contributed by atoms with E-state index >= 15 is 0 Å². The van der Waals surface area contributed by atoms with Crippen LogP contribution in [0.1, 0.15) is 49.0 Å². The van der Waals surface area contributed by atoms with Crippen LogP contribution < -0.4 is 5.32 Å². The highest BCUT2D eigenvalue weighted by Gasteiger charge is 2.42. The number of ether oxygens (including phenoxy) is 1. The van der Waals surface area contributed by atoms with E-state index in [0.29, 0.717) is 11.7 Å². The van der Waals surface area contributed by atoms with Crippen molar-refractivity contribution in [3.63, 3.8) is 0 Å². The maximum Gasteiger partial charge on any atom is 0.276 e. The van der Waals surface area contributed by atoms with E-state index in [1.165, 1.54) is 19.3 Å². The van der Waals surface area contributed by atoms with Gasteiger partial charge < -0.3 is 15.0 Å². The lowest BCUT2D eigenvalue weighted by atomic mass is 9.86. The van der Waals surface area contributed by atoms with Crippen molar-refractivity contribution in [1.29, 1.82) is 0 Å². The molecule has 0 saturated carbocycles. The minimum atomic E-state index is 0. The van der Waals surface area contributed by atoms with Gasteiger partial charge in [-0.1, -0.05) is 11.6 Å². The standard InChI is InChI=1S/C19H32N6O2.2ClH/c1-23-10-11-24(15-19(23)6-12-27-13-7-19)18(26)17-14-25(22-21-17)9-5-16-4-2-3-8-20-16;;/h14,16,20H,2-13,15H2,1H3;2*1H. The Bertz CT molecular complexity index is 646. The molecule has 10 heteroatoms. The molecule has 8 nitrogen and oxygen atoms in total. The minimum Gasteiger partial charge on any atom is -0.381 e. The van der Waals surface area contributed by atoms with E-state index in [-0.39, 0.29) is 36.3 Å². The molecule has 0 bridgehead atoms. The summed E-state index contributed by atoms with van der Waals surface area (Å²) < 4.78 is 7.37. The Hall–Kier alpha value is -0.930. The Morgan fingerprint density at radius 1 is 1.28 bits per heavy atom. The SMILES string of the molecule is CN1CCN(C(=O)c2cn(CCC3CCCCN3)nn2)CC12CCOCC2.Cl.Cl. The first-order chi connectivity index (χ1) is 13.2. The predicted octanol–water partition coefficient (Wildman–Crippen LogP) is 1.59. The number of nitrogens with one attached hydrogen (secondary N) is 1. The van der Waals surface area contributed by atoms with Crippen LogP contribution >= 0.6 is 24.8 Å². The van der Waals surface area contributed by atoms with Crippen molar-refractivity contribution in [3.05, 3.63) is 11.9 Å². The second kappa shape index (κ2) is 10.9. The van der Waals surface area contributed by atoms with Crippen molar-refractivity contribution in [1.82, 2.24) is 30.1 Å². The van der Waals surface area contributed by atoms with E-state index in [2.05, 4.69) is 27.6 Å². The molecule has 1 N–H and O–H groups in total. The van der Waals surface area contributed by atoms with Crippen LogP contribution in [-0.2, 0) is 11.3 Å². The van der Waals surface area contributed by atoms with Crippen molar-refractivity contribution in [2.75, 3.05) is 46.4 Å². The Morgan fingerprint density at radius 3 is 2.79 bits per heavy atom. The predicted molar refractivity (Wildman–Crippen MR) is 116 cm³/mol. The molecule has 4 heterocycles. The molecule has 0 aromatic carbocycles. The smallest absolute Gasteiger partial charge is 0.276 e. The number of piperazine rings is 1. The number of hydrogen-bond acceptors (Lipinski definition) is 6. The molecule has 3 fully saturated rings. The van der Waals surface area contributed by atoms with Gasteiger partial charge in [0.05, 0.1) is 6.20 Å². The Labute approximate surface area is 185 Å². The van der Waals surface area contributed by atoms with E-state index in [1.807, 2.05) is 15.8 Å². The second-order valence-electron chi connectivity index (χ2n) is 8.29. The fourth-order valence-electron chi connectivity index (χ4n) is 4.65. The molecule has 1 aromatic rings. The molecule has 3 saturated heterocycles. The maximum absolute atomic E-state index is 13.0. The van der Waals surface area contributed by atoms with Gasteiger partial charge in [0.1, 0.15) is 0 Å². The molecule has 0 aliphatic carbocycles. The zero-order valence-electron chi connectivity index (χ0n) is 17.2. The van der Waals surface area contributed by atoms with E-state index < -0.39 is 0 Å². The first kappa shape index (κ1) is 24.3. The Kier molecular flexibility index (Phi) is 9.15. The summed E-state index contributed by atoms with van der Waals surface area (Å²) in [6.45, 7) is 5.87. The molecule has 1 amide bonds. The normalized spacial score (nSPS) is 24.6. The molecule has 0 radical (unpaired) electrons. The number of nitrogens with zero attached hydrogens (tertiary/aromatic N) is 5. The molecule has 1 atom stereocenters. The van der Waals surface area contributed by atoms with Gasteiger partial charge in [0.25, 0.3) is 5.91 Å². The summed E-state index contributed by atoms with van der Waals surface area (Å²) in [4.78, 5) is 17.4. The van der Waals surface area contributed by atoms with Crippen LogP contribution in [0.3, 0.4) is 0 Å². The van der Waals surface area contributed by atoms with Crippen molar-refractivity contribution in [2.45, 2.75) is 56.7 Å². The molecule has 3 aliphatic rings. The number of halogens is 2. The fraction of sp³-hybridized carbons (Fsp3) is 0.842. The summed E-state index contributed by atoms with van der Waals surface area (Å²) in [6.07, 6.45) is 8.62. The van der Waals surface area contributed by atoms with Crippen LogP contribution in [0.4, 0.5) is 0 Å². The second-order valence-corrected chi connectivity index (χ2v) is 8.29. The third-order valence-corrected chi connectivity index (χ3v) is 6.59. The summed E-state index contributed by atoms with van der Waals surface area (Å²) in [6, 6.07) is 0.563. The molecule has 1 aromatic heterocycles. The summed E-state index contributed by atoms with van der Waals surface area (Å²) >= 11 is 0. The van der Waals surface area contributed by atoms with Crippen LogP contribution in [0.2, 0.25) is 0 Å². The number of amides is 1. The highest BCUT2D eigenvalue weighted by molar-refractivity contribution is 5.92. The van der Waals surface area contributed by atoms with Gasteiger partial charge in [-0.3, -0.25) is 14.4 Å². The van der Waals surface area contributed by atoms with E-state index in [0.717, 1.165) is 65.2 Å². The fourth-order valence-corrected chi connectivity index (χ4v) is 4.65. The zero-order valence-corrected chi connectivity index (χ0v) is 18.8. The van der Waals surface area contributed by atoms with Gasteiger partial charge in [-0.2, -0.15) is 0 Å². The number of piperidine rings is 1. The lowest BCUT2D eigenvalue weighted by Gasteiger charge is -2.51. The lowest BCUT2D eigenvalue weighted by Crippen LogP contribution is -2.63. The summed E-state index contributed by atoms with van der Waals surface area (Å²) in [5.74, 6) is 0.0102. The maximum atomic E-state index is 13.0. The molecule has 3 aliphatic heterocycles. The number of carbonyl (C=O) groups is 1. The van der Waals surface area contributed by atoms with Gasteiger partial charge >= 0.3 is 0 Å². The van der Waals surface area contributed by atoms with Crippen molar-refractivity contribution in [3.8, 4) is 0 Å². The molecular weight excluding hydrogens is 415 g/mol. The highest BCUT2D eigenvalue weighted by atomic mass is 35.5. The van der Waals surface area contributed by atoms with E-state index in [9.17, 15) is 4.79 Å². The van der Waals surface area contributed by atoms with Gasteiger partial charge in [0.15, 0.2) is 5.69 Å². The number of hydrogen-bond donors (Lipinski definition) is 1. The van der Waals surface area contributed by atoms with Crippen LogP contribution in [0.25, 0.3) is 0 Å². The lowest BCUT2D eigenvalue weighted by molar-refractivity contribution is -0.0544. The van der Waals surface area contributed by atoms with Crippen molar-refractivity contribution >= 4 is 30.7 Å². The number of carbonyl (C=O) groups excluding carboxylic acids is 1. The summed E-state index contributed by atoms with van der Waals surface area (Å²) in [7, 11) is 2.17. The number of aryl methyl sites for hydroxylation is 1. The average Bonchev–Trinajstić information content (AvgIpc) is 3.19. The highest BCUT2D eigenvalue weighted by Crippen LogP contribution is 2.31. The third kappa shape index (κ3) is 5.61. The van der Waals surface area contributed by atoms with Gasteiger partial charge in [-0.05, 0) is 45.7 Å². The Balaban J connectivity index is 0.00000150. The Morgan fingerprint density at radius 2 is 2.07 bits per heavy atom. The van der Waals surface area contributed by atoms with Gasteiger partial charge in [0, 0.05) is 51.0 Å². The molecule has 1 spiro atoms. The van der Waals surface area contributed by atoms with Crippen LogP contribution in [0.5, 0.6) is 0 Å². The minimum absolute atomic E-state index is 0. The molecule has 166 valence electrons. The molecule has 4 rings (SSSR count). The van der Waals surface area contributed by atoms with Crippen LogP contribution in [0.15, 0.2) is 6.20 Å². The first-order valence-electron chi connectivity index (χ1n) is 10.4. The zero-order chi connectivity index (χ0) is 18.7. The van der Waals surface area contributed by atoms with Gasteiger partial charge in [-0.25, -0.2) is 0 Å².